The molecule has 2 aromatic rings. The van der Waals surface area contributed by atoms with Gasteiger partial charge in [-0.3, -0.25) is 14.3 Å². The quantitative estimate of drug-likeness (QED) is 0.688. The highest BCUT2D eigenvalue weighted by molar-refractivity contribution is 5.50. The smallest absolute Gasteiger partial charge is 0.328 e. The van der Waals surface area contributed by atoms with E-state index < -0.39 is 11.2 Å². The molecule has 102 valence electrons. The summed E-state index contributed by atoms with van der Waals surface area (Å²) >= 11 is 0. The van der Waals surface area contributed by atoms with Crippen LogP contribution in [0.3, 0.4) is 0 Å². The largest absolute Gasteiger partial charge is 0.383 e. The highest BCUT2D eigenvalue weighted by Crippen LogP contribution is 2.09. The Morgan fingerprint density at radius 1 is 1.53 bits per heavy atom. The van der Waals surface area contributed by atoms with Gasteiger partial charge in [0, 0.05) is 13.3 Å². The van der Waals surface area contributed by atoms with Gasteiger partial charge in [0.1, 0.15) is 5.56 Å². The molecule has 0 saturated carbocycles. The fourth-order valence-corrected chi connectivity index (χ4v) is 1.47. The molecule has 3 N–H and O–H groups in total. The van der Waals surface area contributed by atoms with Crippen LogP contribution in [0.1, 0.15) is 5.89 Å². The molecule has 9 nitrogen and oxygen atoms in total. The van der Waals surface area contributed by atoms with Crippen molar-refractivity contribution in [2.75, 3.05) is 13.7 Å². The van der Waals surface area contributed by atoms with E-state index in [1.165, 1.54) is 17.9 Å². The van der Waals surface area contributed by atoms with Crippen molar-refractivity contribution in [2.45, 2.75) is 13.1 Å². The molecule has 2 aromatic heterocycles. The van der Waals surface area contributed by atoms with E-state index in [1.807, 2.05) is 0 Å². The lowest BCUT2D eigenvalue weighted by Gasteiger charge is -2.04. The van der Waals surface area contributed by atoms with Gasteiger partial charge in [0.2, 0.25) is 11.7 Å². The van der Waals surface area contributed by atoms with Gasteiger partial charge in [0.05, 0.1) is 19.7 Å². The van der Waals surface area contributed by atoms with Crippen molar-refractivity contribution in [3.63, 3.8) is 0 Å². The van der Waals surface area contributed by atoms with Crippen LogP contribution in [0.2, 0.25) is 0 Å². The number of aromatic nitrogens is 4. The summed E-state index contributed by atoms with van der Waals surface area (Å²) in [5.41, 5.74) is 4.38. The van der Waals surface area contributed by atoms with Crippen molar-refractivity contribution in [2.24, 2.45) is 5.73 Å². The van der Waals surface area contributed by atoms with E-state index in [1.54, 1.807) is 0 Å². The third kappa shape index (κ3) is 2.77. The molecular weight excluding hydrogens is 254 g/mol. The molecule has 0 atom stereocenters. The number of rotatable bonds is 5. The van der Waals surface area contributed by atoms with Gasteiger partial charge in [-0.05, 0) is 0 Å². The third-order valence-electron chi connectivity index (χ3n) is 2.43. The summed E-state index contributed by atoms with van der Waals surface area (Å²) in [6, 6.07) is 0. The maximum absolute atomic E-state index is 11.7. The first kappa shape index (κ1) is 13.2. The number of H-pyrrole nitrogens is 1. The summed E-state index contributed by atoms with van der Waals surface area (Å²) in [7, 11) is 1.52. The van der Waals surface area contributed by atoms with Crippen LogP contribution in [0.5, 0.6) is 0 Å². The molecule has 0 spiro atoms. The van der Waals surface area contributed by atoms with Crippen molar-refractivity contribution in [1.82, 2.24) is 19.7 Å². The van der Waals surface area contributed by atoms with Crippen molar-refractivity contribution < 1.29 is 9.26 Å². The zero-order valence-electron chi connectivity index (χ0n) is 10.3. The Kier molecular flexibility index (Phi) is 3.88. The van der Waals surface area contributed by atoms with Crippen LogP contribution in [-0.4, -0.2) is 33.4 Å². The van der Waals surface area contributed by atoms with E-state index in [0.717, 1.165) is 0 Å². The Balaban J connectivity index is 2.44. The van der Waals surface area contributed by atoms with E-state index in [9.17, 15) is 9.59 Å². The van der Waals surface area contributed by atoms with Gasteiger partial charge in [0.25, 0.3) is 5.56 Å². The van der Waals surface area contributed by atoms with Crippen molar-refractivity contribution in [1.29, 1.82) is 0 Å². The number of methoxy groups -OCH3 is 1. The first-order valence-electron chi connectivity index (χ1n) is 5.51. The highest BCUT2D eigenvalue weighted by Gasteiger charge is 2.13. The Hall–Kier alpha value is -2.26. The van der Waals surface area contributed by atoms with Gasteiger partial charge in [0.15, 0.2) is 0 Å². The van der Waals surface area contributed by atoms with Crippen LogP contribution < -0.4 is 17.0 Å². The molecule has 0 unspecified atom stereocenters. The van der Waals surface area contributed by atoms with E-state index in [4.69, 9.17) is 15.0 Å². The second-order valence-electron chi connectivity index (χ2n) is 3.70. The average Bonchev–Trinajstić information content (AvgIpc) is 2.86. The molecule has 19 heavy (non-hydrogen) atoms. The van der Waals surface area contributed by atoms with Gasteiger partial charge in [-0.1, -0.05) is 5.16 Å². The Morgan fingerprint density at radius 2 is 2.32 bits per heavy atom. The van der Waals surface area contributed by atoms with Gasteiger partial charge in [-0.25, -0.2) is 4.79 Å². The van der Waals surface area contributed by atoms with Crippen molar-refractivity contribution >= 4 is 0 Å². The number of hydrogen-bond acceptors (Lipinski definition) is 7. The summed E-state index contributed by atoms with van der Waals surface area (Å²) in [6.07, 6.45) is 1.37. The highest BCUT2D eigenvalue weighted by atomic mass is 16.5. The molecular formula is C10H13N5O4. The van der Waals surface area contributed by atoms with E-state index in [2.05, 4.69) is 15.1 Å². The Labute approximate surface area is 107 Å². The normalized spacial score (nSPS) is 10.8. The van der Waals surface area contributed by atoms with Crippen LogP contribution >= 0.6 is 0 Å². The molecule has 9 heteroatoms. The van der Waals surface area contributed by atoms with Crippen molar-refractivity contribution in [3.8, 4) is 11.4 Å². The Bertz CT molecular complexity index is 671. The van der Waals surface area contributed by atoms with E-state index in [0.29, 0.717) is 13.2 Å². The zero-order valence-corrected chi connectivity index (χ0v) is 10.3. The first-order valence-corrected chi connectivity index (χ1v) is 5.51. The maximum atomic E-state index is 11.7. The number of hydrogen-bond donors (Lipinski definition) is 2. The minimum Gasteiger partial charge on any atom is -0.383 e. The molecule has 0 aliphatic carbocycles. The van der Waals surface area contributed by atoms with Gasteiger partial charge >= 0.3 is 5.69 Å². The van der Waals surface area contributed by atoms with E-state index in [-0.39, 0.29) is 23.8 Å². The Morgan fingerprint density at radius 3 is 2.95 bits per heavy atom. The van der Waals surface area contributed by atoms with Gasteiger partial charge in [-0.2, -0.15) is 4.98 Å². The second-order valence-corrected chi connectivity index (χ2v) is 3.70. The molecule has 0 saturated heterocycles. The predicted octanol–water partition coefficient (Wildman–Crippen LogP) is -1.31. The molecule has 0 aromatic carbocycles. The van der Waals surface area contributed by atoms with Gasteiger partial charge < -0.3 is 15.0 Å². The second kappa shape index (κ2) is 5.59. The van der Waals surface area contributed by atoms with Crippen LogP contribution in [0.4, 0.5) is 0 Å². The number of ether oxygens (including phenoxy) is 1. The summed E-state index contributed by atoms with van der Waals surface area (Å²) in [5, 5.41) is 3.64. The van der Waals surface area contributed by atoms with Crippen LogP contribution in [0.25, 0.3) is 11.4 Å². The molecule has 0 bridgehead atoms. The molecule has 0 aliphatic heterocycles. The number of nitrogens with two attached hydrogens (primary N) is 1. The lowest BCUT2D eigenvalue weighted by molar-refractivity contribution is 0.185. The third-order valence-corrected chi connectivity index (χ3v) is 2.43. The van der Waals surface area contributed by atoms with Crippen LogP contribution in [0.15, 0.2) is 20.3 Å². The standard InChI is InChI=1S/C10H13N5O4/c1-18-3-2-15-5-6(9(16)13-10(15)17)8-12-7(4-11)19-14-8/h5H,2-4,11H2,1H3,(H,13,16,17). The number of nitrogens with one attached hydrogen (secondary N) is 1. The van der Waals surface area contributed by atoms with Crippen LogP contribution in [-0.2, 0) is 17.8 Å². The minimum atomic E-state index is -0.581. The fraction of sp³-hybridized carbons (Fsp3) is 0.400. The molecule has 2 heterocycles. The number of aromatic amines is 1. The lowest BCUT2D eigenvalue weighted by atomic mass is 10.3. The topological polar surface area (TPSA) is 129 Å². The summed E-state index contributed by atoms with van der Waals surface area (Å²) in [6.45, 7) is 0.723. The fourth-order valence-electron chi connectivity index (χ4n) is 1.47. The SMILES string of the molecule is COCCn1cc(-c2noc(CN)n2)c(=O)[nH]c1=O. The molecule has 0 fully saturated rings. The lowest BCUT2D eigenvalue weighted by Crippen LogP contribution is -2.31. The van der Waals surface area contributed by atoms with Crippen molar-refractivity contribution in [3.05, 3.63) is 32.9 Å². The van der Waals surface area contributed by atoms with Gasteiger partial charge in [-0.15, -0.1) is 0 Å². The molecule has 0 amide bonds. The number of nitrogens with zero attached hydrogens (tertiary/aromatic N) is 3. The molecule has 2 rings (SSSR count). The predicted molar refractivity (Wildman–Crippen MR) is 64.4 cm³/mol. The maximum Gasteiger partial charge on any atom is 0.328 e. The average molecular weight is 267 g/mol. The van der Waals surface area contributed by atoms with E-state index >= 15 is 0 Å². The summed E-state index contributed by atoms with van der Waals surface area (Å²) in [5.74, 6) is 0.303. The zero-order chi connectivity index (χ0) is 13.8. The molecule has 0 radical (unpaired) electrons. The minimum absolute atomic E-state index is 0.0776. The van der Waals surface area contributed by atoms with Crippen LogP contribution in [0, 0.1) is 0 Å². The molecule has 0 aliphatic rings. The summed E-state index contributed by atoms with van der Waals surface area (Å²) < 4.78 is 11.0. The monoisotopic (exact) mass is 267 g/mol. The summed E-state index contributed by atoms with van der Waals surface area (Å²) in [4.78, 5) is 29.4. The first-order chi connectivity index (χ1) is 9.15.